The van der Waals surface area contributed by atoms with Crippen LogP contribution in [-0.2, 0) is 4.79 Å². The zero-order valence-electron chi connectivity index (χ0n) is 6.93. The first kappa shape index (κ1) is 10.4. The molecule has 1 aromatic heterocycles. The minimum absolute atomic E-state index is 0.972. The molecule has 0 aliphatic carbocycles. The second kappa shape index (κ2) is 6.09. The quantitative estimate of drug-likeness (QED) is 0.542. The van der Waals surface area contributed by atoms with Crippen molar-refractivity contribution in [2.24, 2.45) is 0 Å². The van der Waals surface area contributed by atoms with Crippen molar-refractivity contribution in [3.63, 3.8) is 0 Å². The minimum atomic E-state index is -1.08. The van der Waals surface area contributed by atoms with Gasteiger partial charge in [-0.3, -0.25) is 0 Å². The summed E-state index contributed by atoms with van der Waals surface area (Å²) < 4.78 is 1.89. The maximum atomic E-state index is 8.89. The predicted octanol–water partition coefficient (Wildman–Crippen LogP) is -0.169. The highest BCUT2D eigenvalue weighted by molar-refractivity contribution is 5.60. The third kappa shape index (κ3) is 6.48. The summed E-state index contributed by atoms with van der Waals surface area (Å²) in [7, 11) is 0. The molecule has 12 heavy (non-hydrogen) atoms. The van der Waals surface area contributed by atoms with E-state index in [1.807, 2.05) is 35.2 Å². The van der Waals surface area contributed by atoms with Crippen molar-refractivity contribution in [1.82, 2.24) is 0 Å². The first-order valence-electron chi connectivity index (χ1n) is 3.42. The Labute approximate surface area is 71.6 Å². The number of carbonyl (C=O) groups excluding carboxylic acids is 1. The van der Waals surface area contributed by atoms with Gasteiger partial charge in [-0.25, -0.2) is 0 Å². The number of carboxylic acid groups (broad SMARTS) is 1. The van der Waals surface area contributed by atoms with Gasteiger partial charge in [0, 0.05) is 18.1 Å². The third-order valence-corrected chi connectivity index (χ3v) is 0.949. The molecule has 0 N–H and O–H groups in total. The van der Waals surface area contributed by atoms with Crippen molar-refractivity contribution in [2.75, 3.05) is 0 Å². The molecule has 0 fully saturated rings. The summed E-state index contributed by atoms with van der Waals surface area (Å²) >= 11 is 0. The summed E-state index contributed by atoms with van der Waals surface area (Å²) in [4.78, 5) is 8.89. The third-order valence-electron chi connectivity index (χ3n) is 0.949. The molecule has 0 spiro atoms. The first-order valence-corrected chi connectivity index (χ1v) is 3.42. The lowest BCUT2D eigenvalue weighted by Crippen LogP contribution is -2.22. The van der Waals surface area contributed by atoms with Crippen LogP contribution in [0.4, 0.5) is 0 Å². The van der Waals surface area contributed by atoms with Crippen molar-refractivity contribution < 1.29 is 14.5 Å². The Morgan fingerprint density at radius 2 is 1.83 bits per heavy atom. The fourth-order valence-electron chi connectivity index (χ4n) is 0.534. The molecule has 0 aromatic carbocycles. The molecule has 3 heteroatoms. The monoisotopic (exact) mass is 165 g/mol. The number of nitrogens with zero attached hydrogens (tertiary/aromatic N) is 1. The van der Waals surface area contributed by atoms with Crippen LogP contribution in [0.5, 0.6) is 0 Å². The number of carbonyl (C=O) groups is 1. The average Bonchev–Trinajstić information content (AvgIpc) is 2.05. The van der Waals surface area contributed by atoms with Gasteiger partial charge in [-0.05, 0) is 13.5 Å². The number of rotatable bonds is 1. The topological polar surface area (TPSA) is 44.0 Å². The summed E-state index contributed by atoms with van der Waals surface area (Å²) in [5.41, 5.74) is 0. The summed E-state index contributed by atoms with van der Waals surface area (Å²) in [6, 6.07) is 5.89. The molecule has 0 bridgehead atoms. The van der Waals surface area contributed by atoms with E-state index in [1.54, 1.807) is 6.20 Å². The molecule has 0 saturated heterocycles. The molecule has 1 heterocycles. The number of aliphatic carboxylic acids is 1. The molecular weight excluding hydrogens is 154 g/mol. The lowest BCUT2D eigenvalue weighted by atomic mass is 10.5. The van der Waals surface area contributed by atoms with Crippen LogP contribution in [0.25, 0.3) is 6.20 Å². The number of hydrogen-bond donors (Lipinski definition) is 0. The van der Waals surface area contributed by atoms with Crippen LogP contribution in [0.15, 0.2) is 37.2 Å². The lowest BCUT2D eigenvalue weighted by Gasteiger charge is -1.79. The zero-order chi connectivity index (χ0) is 9.40. The molecule has 0 saturated carbocycles. The zero-order valence-corrected chi connectivity index (χ0v) is 6.93. The summed E-state index contributed by atoms with van der Waals surface area (Å²) in [5.74, 6) is -1.08. The highest BCUT2D eigenvalue weighted by Crippen LogP contribution is 1.74. The van der Waals surface area contributed by atoms with E-state index in [2.05, 4.69) is 6.58 Å². The second-order valence-corrected chi connectivity index (χ2v) is 2.00. The van der Waals surface area contributed by atoms with Crippen LogP contribution >= 0.6 is 0 Å². The van der Waals surface area contributed by atoms with E-state index in [1.165, 1.54) is 0 Å². The summed E-state index contributed by atoms with van der Waals surface area (Å²) in [6.45, 7) is 4.57. The van der Waals surface area contributed by atoms with Crippen molar-refractivity contribution in [3.05, 3.63) is 37.2 Å². The standard InChI is InChI=1S/C7H8N.C2H4O2/c1-2-8-6-4-3-5-7-8;1-2(3)4/h2-7H,1H2;1H3,(H,3,4)/q+1;/p-1. The van der Waals surface area contributed by atoms with Crippen molar-refractivity contribution in [3.8, 4) is 0 Å². The number of pyridine rings is 1. The molecule has 1 rings (SSSR count). The van der Waals surface area contributed by atoms with Gasteiger partial charge in [0.25, 0.3) is 0 Å². The maximum Gasteiger partial charge on any atom is 0.174 e. The molecule has 0 aliphatic heterocycles. The molecule has 0 atom stereocenters. The molecule has 3 nitrogen and oxygen atoms in total. The smallest absolute Gasteiger partial charge is 0.174 e. The Hall–Kier alpha value is -1.64. The van der Waals surface area contributed by atoms with Crippen LogP contribution in [0.1, 0.15) is 6.92 Å². The van der Waals surface area contributed by atoms with Gasteiger partial charge >= 0.3 is 0 Å². The Morgan fingerprint density at radius 1 is 1.42 bits per heavy atom. The van der Waals surface area contributed by atoms with Gasteiger partial charge in [0.2, 0.25) is 0 Å². The number of hydrogen-bond acceptors (Lipinski definition) is 2. The SMILES string of the molecule is C=C[n+]1ccccc1.CC(=O)[O-]. The van der Waals surface area contributed by atoms with Crippen molar-refractivity contribution >= 4 is 12.2 Å². The van der Waals surface area contributed by atoms with E-state index in [-0.39, 0.29) is 0 Å². The van der Waals surface area contributed by atoms with E-state index in [4.69, 9.17) is 9.90 Å². The van der Waals surface area contributed by atoms with Gasteiger partial charge in [0.05, 0.1) is 0 Å². The van der Waals surface area contributed by atoms with E-state index >= 15 is 0 Å². The van der Waals surface area contributed by atoms with Gasteiger partial charge in [-0.1, -0.05) is 6.07 Å². The van der Waals surface area contributed by atoms with Crippen LogP contribution in [0, 0.1) is 0 Å². The molecular formula is C9H11NO2. The molecule has 0 aliphatic rings. The molecule has 0 radical (unpaired) electrons. The molecule has 0 amide bonds. The van der Waals surface area contributed by atoms with Gasteiger partial charge in [0.15, 0.2) is 18.6 Å². The highest BCUT2D eigenvalue weighted by atomic mass is 16.4. The van der Waals surface area contributed by atoms with Gasteiger partial charge in [-0.15, -0.1) is 0 Å². The van der Waals surface area contributed by atoms with E-state index in [0.717, 1.165) is 6.92 Å². The number of aromatic nitrogens is 1. The summed E-state index contributed by atoms with van der Waals surface area (Å²) in [5, 5.41) is 8.89. The van der Waals surface area contributed by atoms with Crippen LogP contribution in [0.3, 0.4) is 0 Å². The maximum absolute atomic E-state index is 8.89. The van der Waals surface area contributed by atoms with E-state index in [0.29, 0.717) is 0 Å². The Morgan fingerprint density at radius 3 is 2.08 bits per heavy atom. The average molecular weight is 165 g/mol. The predicted molar refractivity (Wildman–Crippen MR) is 43.7 cm³/mol. The minimum Gasteiger partial charge on any atom is -0.550 e. The first-order chi connectivity index (χ1) is 5.66. The molecule has 0 unspecified atom stereocenters. The largest absolute Gasteiger partial charge is 0.550 e. The second-order valence-electron chi connectivity index (χ2n) is 2.00. The lowest BCUT2D eigenvalue weighted by molar-refractivity contribution is -0.567. The van der Waals surface area contributed by atoms with Gasteiger partial charge in [0.1, 0.15) is 0 Å². The van der Waals surface area contributed by atoms with Crippen LogP contribution in [-0.4, -0.2) is 5.97 Å². The Kier molecular flexibility index (Phi) is 5.26. The Bertz CT molecular complexity index is 240. The highest BCUT2D eigenvalue weighted by Gasteiger charge is 1.83. The van der Waals surface area contributed by atoms with Crippen molar-refractivity contribution in [2.45, 2.75) is 6.92 Å². The van der Waals surface area contributed by atoms with Crippen LogP contribution < -0.4 is 9.67 Å². The van der Waals surface area contributed by atoms with Gasteiger partial charge < -0.3 is 9.90 Å². The van der Waals surface area contributed by atoms with Gasteiger partial charge in [-0.2, -0.15) is 4.57 Å². The van der Waals surface area contributed by atoms with Crippen LogP contribution in [0.2, 0.25) is 0 Å². The molecule has 1 aromatic rings. The van der Waals surface area contributed by atoms with E-state index in [9.17, 15) is 0 Å². The number of carboxylic acids is 1. The molecule has 64 valence electrons. The summed E-state index contributed by atoms with van der Waals surface area (Å²) in [6.07, 6.45) is 5.62. The fourth-order valence-corrected chi connectivity index (χ4v) is 0.534. The van der Waals surface area contributed by atoms with E-state index < -0.39 is 5.97 Å². The normalized spacial score (nSPS) is 7.75. The fraction of sp³-hybridized carbons (Fsp3) is 0.111. The van der Waals surface area contributed by atoms with Crippen molar-refractivity contribution in [1.29, 1.82) is 0 Å². The Balaban J connectivity index is 0.000000261.